The van der Waals surface area contributed by atoms with E-state index in [4.69, 9.17) is 44.5 Å². The number of pyridine rings is 1. The van der Waals surface area contributed by atoms with Crippen LogP contribution in [0.2, 0.25) is 5.02 Å². The van der Waals surface area contributed by atoms with Crippen molar-refractivity contribution in [2.24, 2.45) is 34.5 Å². The summed E-state index contributed by atoms with van der Waals surface area (Å²) in [6.45, 7) is 6.04. The summed E-state index contributed by atoms with van der Waals surface area (Å²) in [4.78, 5) is 60.1. The molecule has 70 heavy (non-hydrogen) atoms. The molecule has 370 valence electrons. The van der Waals surface area contributed by atoms with E-state index in [1.165, 1.54) is 14.2 Å². The highest BCUT2D eigenvalue weighted by Gasteiger charge is 2.70. The summed E-state index contributed by atoms with van der Waals surface area (Å²) < 4.78 is 36.4. The van der Waals surface area contributed by atoms with Gasteiger partial charge in [-0.15, -0.1) is 5.10 Å². The molecule has 4 heterocycles. The first kappa shape index (κ1) is 48.7. The molecule has 3 aromatic heterocycles. The van der Waals surface area contributed by atoms with Crippen molar-refractivity contribution in [2.75, 3.05) is 25.9 Å². The lowest BCUT2D eigenvalue weighted by Crippen LogP contribution is -2.71. The van der Waals surface area contributed by atoms with Gasteiger partial charge >= 0.3 is 23.7 Å². The molecule has 8 atom stereocenters. The third-order valence-electron chi connectivity index (χ3n) is 14.9. The van der Waals surface area contributed by atoms with Crippen LogP contribution >= 0.6 is 11.6 Å². The molecule has 0 spiro atoms. The molecule has 17 nitrogen and oxygen atoms in total. The summed E-state index contributed by atoms with van der Waals surface area (Å²) in [6.07, 6.45) is 6.05. The molecular formula is C52H57ClN4O13. The van der Waals surface area contributed by atoms with Gasteiger partial charge in [-0.05, 0) is 106 Å². The maximum atomic E-state index is 13.4. The molecule has 0 saturated heterocycles. The molecule has 0 bridgehead atoms. The molecule has 0 radical (unpaired) electrons. The highest BCUT2D eigenvalue weighted by molar-refractivity contribution is 6.30. The molecule has 4 aliphatic carbocycles. The zero-order chi connectivity index (χ0) is 49.5. The Hall–Kier alpha value is -6.27. The van der Waals surface area contributed by atoms with Crippen molar-refractivity contribution in [2.45, 2.75) is 96.2 Å². The Kier molecular flexibility index (Phi) is 13.6. The number of hydrogen-bond donors (Lipinski definition) is 2. The monoisotopic (exact) mass is 980 g/mol. The number of methoxy groups -OCH3 is 1. The van der Waals surface area contributed by atoms with Crippen molar-refractivity contribution in [3.63, 3.8) is 0 Å². The van der Waals surface area contributed by atoms with Crippen LogP contribution < -0.4 is 20.2 Å². The highest BCUT2D eigenvalue weighted by atomic mass is 35.5. The number of benzene rings is 2. The van der Waals surface area contributed by atoms with E-state index in [1.807, 2.05) is 31.2 Å². The molecule has 1 aliphatic heterocycles. The number of anilines is 1. The van der Waals surface area contributed by atoms with Crippen LogP contribution in [-0.2, 0) is 35.2 Å². The van der Waals surface area contributed by atoms with E-state index < -0.39 is 52.4 Å². The molecule has 2 N–H and O–H groups in total. The Morgan fingerprint density at radius 2 is 1.66 bits per heavy atom. The van der Waals surface area contributed by atoms with Gasteiger partial charge in [-0.1, -0.05) is 43.6 Å². The number of esters is 2. The average Bonchev–Trinajstić information content (AvgIpc) is 4.31. The van der Waals surface area contributed by atoms with Crippen LogP contribution in [0.4, 0.5) is 10.5 Å². The van der Waals surface area contributed by atoms with Crippen LogP contribution in [0.3, 0.4) is 0 Å². The van der Waals surface area contributed by atoms with Gasteiger partial charge in [0.25, 0.3) is 0 Å². The van der Waals surface area contributed by atoms with Gasteiger partial charge in [-0.2, -0.15) is 5.06 Å². The van der Waals surface area contributed by atoms with Crippen LogP contribution in [-0.4, -0.2) is 81.6 Å². The molecule has 4 saturated carbocycles. The number of aliphatic hydroxyl groups excluding tert-OH is 2. The van der Waals surface area contributed by atoms with Gasteiger partial charge < -0.3 is 38.3 Å². The third-order valence-corrected chi connectivity index (χ3v) is 15.2. The first-order chi connectivity index (χ1) is 33.6. The van der Waals surface area contributed by atoms with Gasteiger partial charge in [0.05, 0.1) is 49.6 Å². The lowest BCUT2D eigenvalue weighted by atomic mass is 9.42. The highest BCUT2D eigenvalue weighted by Crippen LogP contribution is 2.67. The molecule has 1 amide bonds. The van der Waals surface area contributed by atoms with Crippen LogP contribution in [0.1, 0.15) is 82.9 Å². The Bertz CT molecular complexity index is 2780. The van der Waals surface area contributed by atoms with E-state index >= 15 is 0 Å². The summed E-state index contributed by atoms with van der Waals surface area (Å²) in [6, 6.07) is 21.3. The lowest BCUT2D eigenvalue weighted by Gasteiger charge is -2.66. The number of halogens is 1. The number of fused-ring (bicyclic) bond motifs is 4. The van der Waals surface area contributed by atoms with Crippen LogP contribution in [0.25, 0.3) is 17.0 Å². The van der Waals surface area contributed by atoms with E-state index in [2.05, 4.69) is 17.0 Å². The van der Waals surface area contributed by atoms with Gasteiger partial charge in [0, 0.05) is 58.2 Å². The van der Waals surface area contributed by atoms with Gasteiger partial charge in [0.15, 0.2) is 0 Å². The fraction of sp³-hybridized carbons (Fsp3) is 0.462. The topological polar surface area (TPSA) is 211 Å². The second kappa shape index (κ2) is 19.5. The maximum absolute atomic E-state index is 13.4. The molecular weight excluding hydrogens is 924 g/mol. The predicted octanol–water partition coefficient (Wildman–Crippen LogP) is 8.20. The Labute approximate surface area is 409 Å². The van der Waals surface area contributed by atoms with E-state index in [0.29, 0.717) is 35.0 Å². The number of amides is 1. The summed E-state index contributed by atoms with van der Waals surface area (Å²) in [5, 5.41) is 29.9. The first-order valence-corrected chi connectivity index (χ1v) is 23.9. The fourth-order valence-electron chi connectivity index (χ4n) is 10.9. The SMILES string of the molecule is COC(=O)N(OC)c1ccccc1COc1ccn(-c2ccc(Cl)cc2)n1.C[C@]1(COC(=O)C2CC2)[C@@H]2C[C@H](O)[C@@]3(C)Oc4cc(-c5cccnc5)oc(=O)c4[C@H](O)[C@@H]3[C@@]2(C)CC[C@@H]1OC(=O)C1CC1. The molecule has 5 aliphatic rings. The van der Waals surface area contributed by atoms with Crippen molar-refractivity contribution in [1.29, 1.82) is 0 Å². The number of aliphatic hydroxyl groups is 2. The van der Waals surface area contributed by atoms with Crippen LogP contribution in [0.15, 0.2) is 101 Å². The zero-order valence-electron chi connectivity index (χ0n) is 39.6. The van der Waals surface area contributed by atoms with Gasteiger partial charge in [-0.25, -0.2) is 14.3 Å². The second-order valence-corrected chi connectivity index (χ2v) is 19.9. The Balaban J connectivity index is 0.000000194. The van der Waals surface area contributed by atoms with E-state index in [1.54, 1.807) is 78.7 Å². The fourth-order valence-corrected chi connectivity index (χ4v) is 11.0. The minimum Gasteiger partial charge on any atom is -0.484 e. The number of carbonyl (C=O) groups is 3. The summed E-state index contributed by atoms with van der Waals surface area (Å²) in [5.74, 6) is -0.814. The normalized spacial score (nSPS) is 27.5. The van der Waals surface area contributed by atoms with Crippen molar-refractivity contribution in [1.82, 2.24) is 14.8 Å². The number of aromatic nitrogens is 3. The van der Waals surface area contributed by atoms with Crippen molar-refractivity contribution >= 4 is 35.3 Å². The summed E-state index contributed by atoms with van der Waals surface area (Å²) in [7, 11) is 2.68. The minimum atomic E-state index is -1.29. The number of rotatable bonds is 12. The lowest BCUT2D eigenvalue weighted by molar-refractivity contribution is -0.267. The molecule has 0 unspecified atom stereocenters. The number of hydrogen-bond acceptors (Lipinski definition) is 15. The standard InChI is InChI=1S/C33H39NO9.C19H18ClN3O4/c1-31-11-10-24(42-29(38)18-8-9-18)32(2,16-40-28(37)17-6-7-17)22(31)14-23(35)33(3)27(31)26(36)25-21(43-33)13-20(41-30(25)39)19-5-4-12-34-15-19;1-25-19(24)23(26-2)17-6-4-3-5-14(17)13-27-18-11-12-22(21-18)16-9-7-15(20)8-10-16/h4-5,12-13,15,17-18,22-24,26-27,35-36H,6-11,14,16H2,1-3H3;3-12H,13H2,1-2H3/t22-,23+,24+,26+,27-,31+,32+,33-;/m1./s1. The first-order valence-electron chi connectivity index (χ1n) is 23.5. The molecule has 18 heteroatoms. The van der Waals surface area contributed by atoms with E-state index in [0.717, 1.165) is 42.0 Å². The second-order valence-electron chi connectivity index (χ2n) is 19.5. The summed E-state index contributed by atoms with van der Waals surface area (Å²) >= 11 is 5.91. The Morgan fingerprint density at radius 3 is 2.34 bits per heavy atom. The van der Waals surface area contributed by atoms with Crippen molar-refractivity contribution in [3.8, 4) is 28.6 Å². The zero-order valence-corrected chi connectivity index (χ0v) is 40.4. The number of nitrogens with zero attached hydrogens (tertiary/aromatic N) is 4. The molecule has 10 rings (SSSR count). The Morgan fingerprint density at radius 1 is 0.929 bits per heavy atom. The van der Waals surface area contributed by atoms with Gasteiger partial charge in [0.1, 0.15) is 42.0 Å². The van der Waals surface area contributed by atoms with Crippen LogP contribution in [0, 0.1) is 34.5 Å². The number of ether oxygens (including phenoxy) is 5. The minimum absolute atomic E-state index is 0.0216. The smallest absolute Gasteiger partial charge is 0.438 e. The molecule has 4 fully saturated rings. The third kappa shape index (κ3) is 9.39. The number of carbonyl (C=O) groups excluding carboxylic acids is 3. The van der Waals surface area contributed by atoms with Crippen LogP contribution in [0.5, 0.6) is 11.6 Å². The largest absolute Gasteiger partial charge is 0.484 e. The van der Waals surface area contributed by atoms with E-state index in [-0.39, 0.29) is 66.4 Å². The number of para-hydroxylation sites is 1. The van der Waals surface area contributed by atoms with Gasteiger partial charge in [-0.3, -0.25) is 19.4 Å². The summed E-state index contributed by atoms with van der Waals surface area (Å²) in [5.41, 5.74) is -0.712. The molecule has 2 aromatic carbocycles. The van der Waals surface area contributed by atoms with Crippen molar-refractivity contribution in [3.05, 3.63) is 118 Å². The average molecular weight is 981 g/mol. The maximum Gasteiger partial charge on any atom is 0.438 e. The van der Waals surface area contributed by atoms with Gasteiger partial charge in [0.2, 0.25) is 5.88 Å². The van der Waals surface area contributed by atoms with Crippen molar-refractivity contribution < 1.29 is 57.5 Å². The quantitative estimate of drug-likeness (QED) is 0.0685. The molecule has 5 aromatic rings. The number of hydroxylamine groups is 1. The van der Waals surface area contributed by atoms with E-state index in [9.17, 15) is 29.4 Å². The predicted molar refractivity (Wildman–Crippen MR) is 253 cm³/mol.